The topological polar surface area (TPSA) is 17.6 Å². The minimum Gasteiger partial charge on any atom is -0.233 e. The van der Waals surface area contributed by atoms with Gasteiger partial charge in [-0.15, -0.1) is 0 Å². The highest BCUT2D eigenvalue weighted by Gasteiger charge is 2.14. The predicted octanol–water partition coefficient (Wildman–Crippen LogP) is 5.01. The molecule has 6 aromatic rings. The van der Waals surface area contributed by atoms with E-state index in [0.29, 0.717) is 0 Å². The third kappa shape index (κ3) is 3.67. The molecule has 0 atom stereocenters. The summed E-state index contributed by atoms with van der Waals surface area (Å²) in [6.45, 7) is 1.73. The van der Waals surface area contributed by atoms with E-state index in [-0.39, 0.29) is 0 Å². The highest BCUT2D eigenvalue weighted by molar-refractivity contribution is 5.72. The Morgan fingerprint density at radius 2 is 0.882 bits per heavy atom. The fourth-order valence-corrected chi connectivity index (χ4v) is 4.93. The Morgan fingerprint density at radius 3 is 1.29 bits per heavy atom. The Morgan fingerprint density at radius 1 is 0.500 bits per heavy atom. The average molecular weight is 445 g/mol. The van der Waals surface area contributed by atoms with E-state index in [9.17, 15) is 0 Å². The van der Waals surface area contributed by atoms with Gasteiger partial charge in [0.1, 0.15) is 13.1 Å². The number of para-hydroxylation sites is 4. The van der Waals surface area contributed by atoms with Crippen molar-refractivity contribution in [1.29, 1.82) is 0 Å². The summed E-state index contributed by atoms with van der Waals surface area (Å²) in [4.78, 5) is 0. The molecule has 0 radical (unpaired) electrons. The second-order valence-electron chi connectivity index (χ2n) is 9.08. The van der Waals surface area contributed by atoms with Crippen molar-refractivity contribution in [2.45, 2.75) is 13.1 Å². The third-order valence-electron chi connectivity index (χ3n) is 6.71. The number of aryl methyl sites for hydroxylation is 2. The first-order valence-electron chi connectivity index (χ1n) is 11.7. The number of rotatable bonds is 5. The predicted molar refractivity (Wildman–Crippen MR) is 136 cm³/mol. The summed E-state index contributed by atoms with van der Waals surface area (Å²) in [5.74, 6) is 0. The molecule has 34 heavy (non-hydrogen) atoms. The number of hydrogen-bond donors (Lipinski definition) is 0. The van der Waals surface area contributed by atoms with Crippen molar-refractivity contribution in [2.75, 3.05) is 0 Å². The monoisotopic (exact) mass is 444 g/mol. The Kier molecular flexibility index (Phi) is 4.99. The molecule has 0 saturated carbocycles. The minimum atomic E-state index is 0.864. The van der Waals surface area contributed by atoms with Crippen LogP contribution in [0.1, 0.15) is 11.1 Å². The summed E-state index contributed by atoms with van der Waals surface area (Å²) in [7, 11) is 4.20. The van der Waals surface area contributed by atoms with Crippen molar-refractivity contribution in [3.05, 3.63) is 121 Å². The summed E-state index contributed by atoms with van der Waals surface area (Å²) < 4.78 is 8.98. The van der Waals surface area contributed by atoms with Crippen LogP contribution >= 0.6 is 0 Å². The van der Waals surface area contributed by atoms with E-state index in [4.69, 9.17) is 0 Å². The van der Waals surface area contributed by atoms with E-state index in [1.54, 1.807) is 0 Å². The Bertz CT molecular complexity index is 1480. The largest absolute Gasteiger partial charge is 0.244 e. The molecule has 0 aliphatic carbocycles. The van der Waals surface area contributed by atoms with Crippen LogP contribution in [0.2, 0.25) is 0 Å². The van der Waals surface area contributed by atoms with Crippen molar-refractivity contribution >= 4 is 22.1 Å². The quantitative estimate of drug-likeness (QED) is 0.333. The maximum Gasteiger partial charge on any atom is 0.244 e. The lowest BCUT2D eigenvalue weighted by molar-refractivity contribution is -0.645. The van der Waals surface area contributed by atoms with Crippen LogP contribution in [0.15, 0.2) is 110 Å². The van der Waals surface area contributed by atoms with Crippen molar-refractivity contribution in [3.63, 3.8) is 0 Å². The van der Waals surface area contributed by atoms with E-state index < -0.39 is 0 Å². The van der Waals surface area contributed by atoms with Gasteiger partial charge < -0.3 is 0 Å². The number of aromatic nitrogens is 4. The molecule has 4 nitrogen and oxygen atoms in total. The molecule has 166 valence electrons. The molecule has 4 heteroatoms. The van der Waals surface area contributed by atoms with Gasteiger partial charge in [0.05, 0.1) is 14.1 Å². The number of nitrogens with zero attached hydrogens (tertiary/aromatic N) is 4. The average Bonchev–Trinajstić information content (AvgIpc) is 3.36. The molecule has 0 amide bonds. The first-order chi connectivity index (χ1) is 16.7. The van der Waals surface area contributed by atoms with Gasteiger partial charge in [-0.3, -0.25) is 0 Å². The number of hydrogen-bond acceptors (Lipinski definition) is 0. The van der Waals surface area contributed by atoms with Crippen LogP contribution < -0.4 is 9.13 Å². The van der Waals surface area contributed by atoms with Crippen molar-refractivity contribution < 1.29 is 9.13 Å². The second-order valence-corrected chi connectivity index (χ2v) is 9.08. The van der Waals surface area contributed by atoms with Crippen molar-refractivity contribution in [2.24, 2.45) is 14.1 Å². The molecule has 0 spiro atoms. The zero-order valence-corrected chi connectivity index (χ0v) is 19.6. The third-order valence-corrected chi connectivity index (χ3v) is 6.71. The standard InChI is InChI=1S/C30H28N4/c1-31-21-33(29-9-5-3-7-27(29)31)19-23-11-15-25(16-12-23)26-17-13-24(14-18-26)20-34-22-32(2)28-8-4-6-10-30(28)34/h3-18,21-22H,19-20H2,1-2H3/q+2. The fraction of sp³-hybridized carbons (Fsp3) is 0.133. The summed E-state index contributed by atoms with van der Waals surface area (Å²) in [6.07, 6.45) is 4.34. The van der Waals surface area contributed by atoms with Gasteiger partial charge in [-0.25, -0.2) is 18.3 Å². The molecule has 6 rings (SSSR count). The van der Waals surface area contributed by atoms with Gasteiger partial charge in [0, 0.05) is 0 Å². The highest BCUT2D eigenvalue weighted by Crippen LogP contribution is 2.22. The lowest BCUT2D eigenvalue weighted by atomic mass is 10.0. The summed E-state index contributed by atoms with van der Waals surface area (Å²) in [5, 5.41) is 0. The van der Waals surface area contributed by atoms with Crippen LogP contribution in [0.25, 0.3) is 33.2 Å². The van der Waals surface area contributed by atoms with Gasteiger partial charge in [0.2, 0.25) is 12.7 Å². The zero-order valence-electron chi connectivity index (χ0n) is 19.6. The van der Waals surface area contributed by atoms with Crippen molar-refractivity contribution in [1.82, 2.24) is 9.13 Å². The molecule has 4 aromatic carbocycles. The SMILES string of the molecule is C[n+]1cn(Cc2ccc(-c3ccc(Cn4c[n+](C)c5ccccc54)cc3)cc2)c2ccccc21. The van der Waals surface area contributed by atoms with E-state index in [1.807, 2.05) is 0 Å². The Balaban J connectivity index is 1.20. The van der Waals surface area contributed by atoms with Gasteiger partial charge in [-0.2, -0.15) is 0 Å². The molecule has 0 bridgehead atoms. The van der Waals surface area contributed by atoms with Gasteiger partial charge in [-0.1, -0.05) is 72.8 Å². The lowest BCUT2D eigenvalue weighted by Gasteiger charge is -2.06. The summed E-state index contributed by atoms with van der Waals surface area (Å²) >= 11 is 0. The lowest BCUT2D eigenvalue weighted by Crippen LogP contribution is -2.25. The maximum absolute atomic E-state index is 2.31. The van der Waals surface area contributed by atoms with E-state index in [2.05, 4.69) is 142 Å². The van der Waals surface area contributed by atoms with Crippen LogP contribution in [0.5, 0.6) is 0 Å². The molecular weight excluding hydrogens is 416 g/mol. The van der Waals surface area contributed by atoms with Crippen molar-refractivity contribution in [3.8, 4) is 11.1 Å². The first kappa shape index (κ1) is 20.4. The van der Waals surface area contributed by atoms with E-state index in [0.717, 1.165) is 13.1 Å². The molecule has 2 aromatic heterocycles. The Hall–Kier alpha value is -4.18. The van der Waals surface area contributed by atoms with Gasteiger partial charge >= 0.3 is 0 Å². The van der Waals surface area contributed by atoms with Crippen LogP contribution in [0, 0.1) is 0 Å². The van der Waals surface area contributed by atoms with Gasteiger partial charge in [0.15, 0.2) is 22.1 Å². The zero-order chi connectivity index (χ0) is 23.1. The van der Waals surface area contributed by atoms with Crippen LogP contribution in [-0.4, -0.2) is 9.13 Å². The summed E-state index contributed by atoms with van der Waals surface area (Å²) in [6, 6.07) is 35.0. The highest BCUT2D eigenvalue weighted by atomic mass is 15.1. The van der Waals surface area contributed by atoms with Crippen LogP contribution in [-0.2, 0) is 27.2 Å². The Labute approximate surface area is 199 Å². The minimum absolute atomic E-state index is 0.864. The molecule has 2 heterocycles. The van der Waals surface area contributed by atoms with E-state index in [1.165, 1.54) is 44.3 Å². The normalized spacial score (nSPS) is 11.5. The molecule has 0 aliphatic rings. The van der Waals surface area contributed by atoms with Gasteiger partial charge in [0.25, 0.3) is 0 Å². The molecular formula is C30H28N4+2. The van der Waals surface area contributed by atoms with Gasteiger partial charge in [-0.05, 0) is 46.5 Å². The number of benzene rings is 4. The molecule has 0 saturated heterocycles. The number of fused-ring (bicyclic) bond motifs is 2. The molecule has 0 unspecified atom stereocenters. The number of imidazole rings is 2. The smallest absolute Gasteiger partial charge is 0.233 e. The maximum atomic E-state index is 2.31. The fourth-order valence-electron chi connectivity index (χ4n) is 4.93. The second kappa shape index (κ2) is 8.31. The van der Waals surface area contributed by atoms with Crippen LogP contribution in [0.4, 0.5) is 0 Å². The van der Waals surface area contributed by atoms with Crippen LogP contribution in [0.3, 0.4) is 0 Å². The van der Waals surface area contributed by atoms with E-state index >= 15 is 0 Å². The molecule has 0 fully saturated rings. The molecule has 0 N–H and O–H groups in total. The molecule has 0 aliphatic heterocycles. The summed E-state index contributed by atoms with van der Waals surface area (Å²) in [5.41, 5.74) is 10.1. The first-order valence-corrected chi connectivity index (χ1v) is 11.7.